The van der Waals surface area contributed by atoms with Gasteiger partial charge in [0.1, 0.15) is 11.4 Å². The molecule has 8 nitrogen and oxygen atoms in total. The van der Waals surface area contributed by atoms with E-state index < -0.39 is 12.5 Å². The molecule has 0 saturated carbocycles. The quantitative estimate of drug-likeness (QED) is 0.720. The monoisotopic (exact) mass is 334 g/mol. The van der Waals surface area contributed by atoms with Crippen LogP contribution in [0.4, 0.5) is 5.69 Å². The Morgan fingerprint density at radius 3 is 2.48 bits per heavy atom. The fourth-order valence-electron chi connectivity index (χ4n) is 1.76. The number of aromatic nitrogens is 2. The van der Waals surface area contributed by atoms with Crippen molar-refractivity contribution in [2.24, 2.45) is 0 Å². The van der Waals surface area contributed by atoms with E-state index in [0.29, 0.717) is 21.8 Å². The number of carboxylic acids is 1. The molecule has 0 aliphatic carbocycles. The van der Waals surface area contributed by atoms with Crippen LogP contribution in [0, 0.1) is 6.92 Å². The summed E-state index contributed by atoms with van der Waals surface area (Å²) in [4.78, 5) is 34.3. The summed E-state index contributed by atoms with van der Waals surface area (Å²) < 4.78 is 3.71. The molecule has 0 radical (unpaired) electrons. The lowest BCUT2D eigenvalue weighted by atomic mass is 10.1. The molecule has 2 amide bonds. The fraction of sp³-hybridized carbons (Fsp3) is 0.214. The molecule has 0 unspecified atom stereocenters. The topological polar surface area (TPSA) is 121 Å². The number of hydrogen-bond donors (Lipinski definition) is 3. The fourth-order valence-corrected chi connectivity index (χ4v) is 2.31. The predicted molar refractivity (Wildman–Crippen MR) is 83.4 cm³/mol. The Hall–Kier alpha value is -2.81. The summed E-state index contributed by atoms with van der Waals surface area (Å²) in [5.41, 5.74) is 1.86. The Balaban J connectivity index is 1.92. The molecule has 1 heterocycles. The molecule has 0 aliphatic rings. The van der Waals surface area contributed by atoms with E-state index in [4.69, 9.17) is 5.11 Å². The van der Waals surface area contributed by atoms with Gasteiger partial charge in [-0.1, -0.05) is 16.6 Å². The van der Waals surface area contributed by atoms with Crippen LogP contribution in [0.5, 0.6) is 0 Å². The van der Waals surface area contributed by atoms with Crippen LogP contribution in [0.3, 0.4) is 0 Å². The van der Waals surface area contributed by atoms with Crippen molar-refractivity contribution in [2.75, 3.05) is 11.9 Å². The maximum absolute atomic E-state index is 12.0. The molecular formula is C14H14N4O4S. The first-order valence-corrected chi connectivity index (χ1v) is 7.41. The van der Waals surface area contributed by atoms with Gasteiger partial charge in [0.2, 0.25) is 5.91 Å². The van der Waals surface area contributed by atoms with Gasteiger partial charge in [0.05, 0.1) is 12.1 Å². The van der Waals surface area contributed by atoms with Crippen molar-refractivity contribution in [1.29, 1.82) is 0 Å². The van der Waals surface area contributed by atoms with Gasteiger partial charge in [0.25, 0.3) is 5.91 Å². The summed E-state index contributed by atoms with van der Waals surface area (Å²) in [5, 5.41) is 17.3. The normalized spacial score (nSPS) is 10.1. The first-order chi connectivity index (χ1) is 11.0. The van der Waals surface area contributed by atoms with Gasteiger partial charge in [0, 0.05) is 5.69 Å². The molecule has 23 heavy (non-hydrogen) atoms. The van der Waals surface area contributed by atoms with Gasteiger partial charge in [-0.15, -0.1) is 5.10 Å². The molecule has 0 saturated heterocycles. The van der Waals surface area contributed by atoms with Crippen LogP contribution in [0.1, 0.15) is 20.9 Å². The van der Waals surface area contributed by atoms with Crippen molar-refractivity contribution < 1.29 is 19.5 Å². The molecule has 120 valence electrons. The third-order valence-electron chi connectivity index (χ3n) is 2.87. The number of hydrogen-bond acceptors (Lipinski definition) is 6. The third kappa shape index (κ3) is 4.85. The first-order valence-electron chi connectivity index (χ1n) is 6.63. The first kappa shape index (κ1) is 16.6. The van der Waals surface area contributed by atoms with Crippen LogP contribution in [-0.2, 0) is 16.0 Å². The Labute approximate surface area is 135 Å². The predicted octanol–water partition coefficient (Wildman–Crippen LogP) is 0.842. The largest absolute Gasteiger partial charge is 0.480 e. The molecule has 0 fully saturated rings. The zero-order valence-electron chi connectivity index (χ0n) is 12.2. The van der Waals surface area contributed by atoms with Gasteiger partial charge in [-0.05, 0) is 36.2 Å². The number of benzene rings is 1. The Morgan fingerprint density at radius 2 is 1.91 bits per heavy atom. The second kappa shape index (κ2) is 7.45. The van der Waals surface area contributed by atoms with E-state index in [1.165, 1.54) is 0 Å². The summed E-state index contributed by atoms with van der Waals surface area (Å²) >= 11 is 1.02. The van der Waals surface area contributed by atoms with Gasteiger partial charge in [-0.3, -0.25) is 14.4 Å². The van der Waals surface area contributed by atoms with Crippen LogP contribution in [0.2, 0.25) is 0 Å². The minimum Gasteiger partial charge on any atom is -0.480 e. The van der Waals surface area contributed by atoms with E-state index in [1.54, 1.807) is 31.2 Å². The molecule has 1 aromatic heterocycles. The van der Waals surface area contributed by atoms with E-state index in [9.17, 15) is 14.4 Å². The number of carbonyl (C=O) groups is 3. The Morgan fingerprint density at radius 1 is 1.22 bits per heavy atom. The summed E-state index contributed by atoms with van der Waals surface area (Å²) in [5.74, 6) is -1.76. The molecule has 0 atom stereocenters. The van der Waals surface area contributed by atoms with E-state index in [0.717, 1.165) is 11.5 Å². The van der Waals surface area contributed by atoms with Crippen molar-refractivity contribution in [1.82, 2.24) is 14.9 Å². The smallest absolute Gasteiger partial charge is 0.322 e. The van der Waals surface area contributed by atoms with Crippen molar-refractivity contribution in [3.05, 3.63) is 40.4 Å². The van der Waals surface area contributed by atoms with Gasteiger partial charge < -0.3 is 15.7 Å². The average Bonchev–Trinajstić information content (AvgIpc) is 2.93. The average molecular weight is 334 g/mol. The van der Waals surface area contributed by atoms with Crippen molar-refractivity contribution in [3.8, 4) is 0 Å². The number of nitrogens with zero attached hydrogens (tertiary/aromatic N) is 2. The lowest BCUT2D eigenvalue weighted by Crippen LogP contribution is -2.30. The van der Waals surface area contributed by atoms with Gasteiger partial charge in [-0.25, -0.2) is 0 Å². The number of anilines is 1. The Bertz CT molecular complexity index is 727. The van der Waals surface area contributed by atoms with Gasteiger partial charge >= 0.3 is 5.97 Å². The molecule has 2 rings (SSSR count). The molecule has 1 aromatic carbocycles. The van der Waals surface area contributed by atoms with Crippen LogP contribution >= 0.6 is 11.5 Å². The van der Waals surface area contributed by atoms with Gasteiger partial charge in [0.15, 0.2) is 0 Å². The number of rotatable bonds is 6. The highest BCUT2D eigenvalue weighted by Gasteiger charge is 2.13. The number of carboxylic acid groups (broad SMARTS) is 1. The van der Waals surface area contributed by atoms with E-state index >= 15 is 0 Å². The van der Waals surface area contributed by atoms with Crippen LogP contribution < -0.4 is 10.6 Å². The summed E-state index contributed by atoms with van der Waals surface area (Å²) in [6.45, 7) is 1.30. The van der Waals surface area contributed by atoms with E-state index in [-0.39, 0.29) is 18.2 Å². The number of aliphatic carboxylic acids is 1. The molecule has 0 bridgehead atoms. The zero-order chi connectivity index (χ0) is 16.8. The third-order valence-corrected chi connectivity index (χ3v) is 3.70. The maximum atomic E-state index is 12.0. The second-order valence-corrected chi connectivity index (χ2v) is 5.44. The number of nitrogens with one attached hydrogen (secondary N) is 2. The summed E-state index contributed by atoms with van der Waals surface area (Å²) in [6, 6.07) is 6.71. The highest BCUT2D eigenvalue weighted by atomic mass is 32.1. The standard InChI is InChI=1S/C14H14N4O4S/c1-8-13(23-18-17-8)14(22)16-10-4-2-9(3-5-10)6-11(19)15-7-12(20)21/h2-5H,6-7H2,1H3,(H,15,19)(H,16,22)(H,20,21). The molecule has 9 heteroatoms. The van der Waals surface area contributed by atoms with Crippen molar-refractivity contribution >= 4 is 35.0 Å². The molecule has 3 N–H and O–H groups in total. The highest BCUT2D eigenvalue weighted by Crippen LogP contribution is 2.14. The molecule has 0 aliphatic heterocycles. The van der Waals surface area contributed by atoms with Crippen LogP contribution in [-0.4, -0.2) is 39.0 Å². The minimum absolute atomic E-state index is 0.0688. The number of amides is 2. The number of carbonyl (C=O) groups excluding carboxylic acids is 2. The summed E-state index contributed by atoms with van der Waals surface area (Å²) in [7, 11) is 0. The van der Waals surface area contributed by atoms with E-state index in [2.05, 4.69) is 20.2 Å². The van der Waals surface area contributed by atoms with Crippen molar-refractivity contribution in [2.45, 2.75) is 13.3 Å². The molecule has 0 spiro atoms. The maximum Gasteiger partial charge on any atom is 0.322 e. The second-order valence-electron chi connectivity index (χ2n) is 4.69. The van der Waals surface area contributed by atoms with Gasteiger partial charge in [-0.2, -0.15) is 0 Å². The summed E-state index contributed by atoms with van der Waals surface area (Å²) in [6.07, 6.45) is 0.0688. The Kier molecular flexibility index (Phi) is 5.36. The SMILES string of the molecule is Cc1nnsc1C(=O)Nc1ccc(CC(=O)NCC(=O)O)cc1. The van der Waals surface area contributed by atoms with E-state index in [1.807, 2.05) is 0 Å². The molecule has 2 aromatic rings. The minimum atomic E-state index is -1.09. The molecular weight excluding hydrogens is 320 g/mol. The zero-order valence-corrected chi connectivity index (χ0v) is 13.0. The van der Waals surface area contributed by atoms with Crippen LogP contribution in [0.25, 0.3) is 0 Å². The lowest BCUT2D eigenvalue weighted by Gasteiger charge is -2.06. The number of aryl methyl sites for hydroxylation is 1. The van der Waals surface area contributed by atoms with Crippen molar-refractivity contribution in [3.63, 3.8) is 0 Å². The highest BCUT2D eigenvalue weighted by molar-refractivity contribution is 7.08. The lowest BCUT2D eigenvalue weighted by molar-refractivity contribution is -0.137. The van der Waals surface area contributed by atoms with Crippen LogP contribution in [0.15, 0.2) is 24.3 Å².